The van der Waals surface area contributed by atoms with Crippen LogP contribution in [0.3, 0.4) is 0 Å². The van der Waals surface area contributed by atoms with Crippen molar-refractivity contribution < 1.29 is 4.79 Å². The number of para-hydroxylation sites is 1. The molecule has 7 heteroatoms. The summed E-state index contributed by atoms with van der Waals surface area (Å²) in [5.74, 6) is -0.145. The van der Waals surface area contributed by atoms with Gasteiger partial charge in [-0.25, -0.2) is 4.98 Å². The minimum atomic E-state index is -0.230. The fraction of sp³-hybridized carbons (Fsp3) is 0.0476. The number of nitriles is 2. The van der Waals surface area contributed by atoms with Crippen molar-refractivity contribution in [2.45, 2.75) is 5.03 Å². The molecule has 0 saturated carbocycles. The molecule has 0 bridgehead atoms. The first-order chi connectivity index (χ1) is 13.6. The summed E-state index contributed by atoms with van der Waals surface area (Å²) in [5, 5.41) is 22.3. The summed E-state index contributed by atoms with van der Waals surface area (Å²) in [6, 6.07) is 22.3. The molecule has 0 saturated heterocycles. The number of carbonyl (C=O) groups excluding carboxylic acids is 1. The lowest BCUT2D eigenvalue weighted by Gasteiger charge is -2.13. The zero-order chi connectivity index (χ0) is 19.9. The Bertz CT molecular complexity index is 1090. The Morgan fingerprint density at radius 3 is 2.21 bits per heavy atom. The zero-order valence-corrected chi connectivity index (χ0v) is 15.5. The molecule has 1 heterocycles. The molecule has 0 atom stereocenters. The molecule has 2 aromatic carbocycles. The molecule has 0 unspecified atom stereocenters. The Kier molecular flexibility index (Phi) is 5.91. The number of pyridine rings is 1. The van der Waals surface area contributed by atoms with Gasteiger partial charge in [0, 0.05) is 11.3 Å². The largest absolute Gasteiger partial charge is 0.383 e. The van der Waals surface area contributed by atoms with Crippen molar-refractivity contribution in [3.8, 4) is 23.3 Å². The number of thioether (sulfide) groups is 1. The number of nitrogens with two attached hydrogens (primary N) is 1. The van der Waals surface area contributed by atoms with Crippen LogP contribution in [-0.4, -0.2) is 16.6 Å². The van der Waals surface area contributed by atoms with Gasteiger partial charge in [-0.2, -0.15) is 10.5 Å². The summed E-state index contributed by atoms with van der Waals surface area (Å²) in [6.45, 7) is 0. The molecule has 0 aliphatic heterocycles. The number of aromatic nitrogens is 1. The van der Waals surface area contributed by atoms with Crippen LogP contribution in [0.4, 0.5) is 11.5 Å². The maximum Gasteiger partial charge on any atom is 0.234 e. The van der Waals surface area contributed by atoms with Gasteiger partial charge < -0.3 is 11.1 Å². The quantitative estimate of drug-likeness (QED) is 0.645. The lowest BCUT2D eigenvalue weighted by molar-refractivity contribution is -0.113. The smallest absolute Gasteiger partial charge is 0.234 e. The number of carbonyl (C=O) groups is 1. The Morgan fingerprint density at radius 1 is 1.00 bits per heavy atom. The van der Waals surface area contributed by atoms with Gasteiger partial charge in [0.2, 0.25) is 5.91 Å². The van der Waals surface area contributed by atoms with Crippen LogP contribution in [-0.2, 0) is 4.79 Å². The van der Waals surface area contributed by atoms with Crippen LogP contribution < -0.4 is 11.1 Å². The van der Waals surface area contributed by atoms with Gasteiger partial charge in [-0.05, 0) is 17.7 Å². The van der Waals surface area contributed by atoms with E-state index in [4.69, 9.17) is 5.73 Å². The molecule has 3 aromatic rings. The highest BCUT2D eigenvalue weighted by Crippen LogP contribution is 2.35. The highest BCUT2D eigenvalue weighted by Gasteiger charge is 2.21. The lowest BCUT2D eigenvalue weighted by Crippen LogP contribution is -2.14. The average Bonchev–Trinajstić information content (AvgIpc) is 2.73. The van der Waals surface area contributed by atoms with E-state index in [0.29, 0.717) is 21.8 Å². The summed E-state index contributed by atoms with van der Waals surface area (Å²) < 4.78 is 0. The van der Waals surface area contributed by atoms with Crippen LogP contribution in [0.5, 0.6) is 0 Å². The van der Waals surface area contributed by atoms with E-state index >= 15 is 0 Å². The van der Waals surface area contributed by atoms with E-state index < -0.39 is 0 Å². The summed E-state index contributed by atoms with van der Waals surface area (Å²) >= 11 is 1.11. The zero-order valence-electron chi connectivity index (χ0n) is 14.7. The number of hydrogen-bond donors (Lipinski definition) is 2. The van der Waals surface area contributed by atoms with Crippen molar-refractivity contribution >= 4 is 29.2 Å². The molecule has 6 nitrogen and oxygen atoms in total. The normalized spacial score (nSPS) is 9.93. The molecule has 0 aliphatic carbocycles. The summed E-state index contributed by atoms with van der Waals surface area (Å²) in [6.07, 6.45) is 0. The summed E-state index contributed by atoms with van der Waals surface area (Å²) in [5.41, 5.74) is 8.17. The van der Waals surface area contributed by atoms with E-state index in [2.05, 4.69) is 16.4 Å². The maximum atomic E-state index is 12.2. The SMILES string of the molecule is N#Cc1c(N)nc(SCC(=O)Nc2ccccc2)c(C#N)c1-c1ccccc1. The third-order valence-electron chi connectivity index (χ3n) is 3.88. The minimum Gasteiger partial charge on any atom is -0.383 e. The molecule has 3 rings (SSSR count). The number of anilines is 2. The first-order valence-electron chi connectivity index (χ1n) is 8.30. The second-order valence-electron chi connectivity index (χ2n) is 5.72. The van der Waals surface area contributed by atoms with Gasteiger partial charge >= 0.3 is 0 Å². The first kappa shape index (κ1) is 19.0. The number of nitrogens with zero attached hydrogens (tertiary/aromatic N) is 3. The van der Waals surface area contributed by atoms with Crippen LogP contribution in [0.2, 0.25) is 0 Å². The molecule has 3 N–H and O–H groups in total. The Labute approximate surface area is 166 Å². The number of nitrogen functional groups attached to an aromatic ring is 1. The first-order valence-corrected chi connectivity index (χ1v) is 9.29. The lowest BCUT2D eigenvalue weighted by atomic mass is 9.97. The van der Waals surface area contributed by atoms with E-state index in [-0.39, 0.29) is 28.6 Å². The van der Waals surface area contributed by atoms with Gasteiger partial charge in [0.15, 0.2) is 0 Å². The number of hydrogen-bond acceptors (Lipinski definition) is 6. The van der Waals surface area contributed by atoms with Gasteiger partial charge in [-0.3, -0.25) is 4.79 Å². The third-order valence-corrected chi connectivity index (χ3v) is 4.85. The van der Waals surface area contributed by atoms with Crippen molar-refractivity contribution in [2.75, 3.05) is 16.8 Å². The van der Waals surface area contributed by atoms with Crippen molar-refractivity contribution in [2.24, 2.45) is 0 Å². The van der Waals surface area contributed by atoms with Crippen LogP contribution in [0.25, 0.3) is 11.1 Å². The van der Waals surface area contributed by atoms with Gasteiger partial charge in [0.1, 0.15) is 28.5 Å². The van der Waals surface area contributed by atoms with Crippen LogP contribution in [0.1, 0.15) is 11.1 Å². The van der Waals surface area contributed by atoms with Crippen LogP contribution in [0.15, 0.2) is 65.7 Å². The topological polar surface area (TPSA) is 116 Å². The number of benzene rings is 2. The van der Waals surface area contributed by atoms with Gasteiger partial charge in [-0.15, -0.1) is 0 Å². The van der Waals surface area contributed by atoms with Crippen molar-refractivity contribution in [1.82, 2.24) is 4.98 Å². The number of nitrogens with one attached hydrogen (secondary N) is 1. The Balaban J connectivity index is 1.92. The van der Waals surface area contributed by atoms with Crippen molar-refractivity contribution in [3.63, 3.8) is 0 Å². The highest BCUT2D eigenvalue weighted by molar-refractivity contribution is 8.00. The second-order valence-corrected chi connectivity index (χ2v) is 6.68. The summed E-state index contributed by atoms with van der Waals surface area (Å²) in [4.78, 5) is 16.4. The number of rotatable bonds is 5. The summed E-state index contributed by atoms with van der Waals surface area (Å²) in [7, 11) is 0. The molecule has 1 amide bonds. The Morgan fingerprint density at radius 2 is 1.61 bits per heavy atom. The molecule has 0 fully saturated rings. The van der Waals surface area contributed by atoms with E-state index in [1.54, 1.807) is 24.3 Å². The van der Waals surface area contributed by atoms with E-state index in [1.165, 1.54) is 0 Å². The van der Waals surface area contributed by atoms with E-state index in [0.717, 1.165) is 11.8 Å². The standard InChI is InChI=1S/C21H15N5OS/c22-11-16-19(14-7-3-1-4-8-14)17(12-23)21(26-20(16)24)28-13-18(27)25-15-9-5-2-6-10-15/h1-10H,13H2,(H2,24,26)(H,25,27). The minimum absolute atomic E-state index is 0.0336. The van der Waals surface area contributed by atoms with Gasteiger partial charge in [0.05, 0.1) is 11.3 Å². The number of amides is 1. The monoisotopic (exact) mass is 385 g/mol. The fourth-order valence-electron chi connectivity index (χ4n) is 2.65. The molecule has 0 aliphatic rings. The fourth-order valence-corrected chi connectivity index (χ4v) is 3.44. The molecule has 136 valence electrons. The average molecular weight is 385 g/mol. The Hall–Kier alpha value is -3.81. The van der Waals surface area contributed by atoms with Crippen LogP contribution >= 0.6 is 11.8 Å². The molecule has 0 radical (unpaired) electrons. The molecular formula is C21H15N5OS. The maximum absolute atomic E-state index is 12.2. The molecule has 1 aromatic heterocycles. The van der Waals surface area contributed by atoms with Gasteiger partial charge in [0.25, 0.3) is 0 Å². The molecule has 28 heavy (non-hydrogen) atoms. The second kappa shape index (κ2) is 8.72. The van der Waals surface area contributed by atoms with E-state index in [9.17, 15) is 15.3 Å². The predicted molar refractivity (Wildman–Crippen MR) is 109 cm³/mol. The van der Waals surface area contributed by atoms with E-state index in [1.807, 2.05) is 42.5 Å². The third kappa shape index (κ3) is 4.12. The predicted octanol–water partition coefficient (Wildman–Crippen LogP) is 3.80. The van der Waals surface area contributed by atoms with Crippen molar-refractivity contribution in [3.05, 3.63) is 71.8 Å². The van der Waals surface area contributed by atoms with Crippen LogP contribution in [0, 0.1) is 22.7 Å². The molecular weight excluding hydrogens is 370 g/mol. The van der Waals surface area contributed by atoms with Crippen molar-refractivity contribution in [1.29, 1.82) is 10.5 Å². The molecule has 0 spiro atoms. The van der Waals surface area contributed by atoms with Gasteiger partial charge in [-0.1, -0.05) is 60.3 Å². The highest BCUT2D eigenvalue weighted by atomic mass is 32.2.